The smallest absolute Gasteiger partial charge is 0.310 e. The summed E-state index contributed by atoms with van der Waals surface area (Å²) >= 11 is 0. The van der Waals surface area contributed by atoms with Crippen molar-refractivity contribution in [3.05, 3.63) is 35.9 Å². The van der Waals surface area contributed by atoms with Gasteiger partial charge >= 0.3 is 5.97 Å². The maximum Gasteiger partial charge on any atom is 0.310 e. The molecule has 0 N–H and O–H groups in total. The van der Waals surface area contributed by atoms with Gasteiger partial charge in [-0.15, -0.1) is 0 Å². The van der Waals surface area contributed by atoms with Crippen LogP contribution in [-0.4, -0.2) is 30.6 Å². The molecule has 2 rings (SSSR count). The fourth-order valence-electron chi connectivity index (χ4n) is 2.96. The minimum atomic E-state index is -0.106. The number of esters is 1. The monoisotopic (exact) mass is 286 g/mol. The number of rotatable bonds is 5. The first-order chi connectivity index (χ1) is 10.3. The van der Waals surface area contributed by atoms with Crippen molar-refractivity contribution >= 4 is 5.97 Å². The first-order valence-corrected chi connectivity index (χ1v) is 7.58. The summed E-state index contributed by atoms with van der Waals surface area (Å²) < 4.78 is 5.14. The zero-order valence-electron chi connectivity index (χ0n) is 12.5. The van der Waals surface area contributed by atoms with Crippen molar-refractivity contribution in [3.63, 3.8) is 0 Å². The molecule has 0 bridgehead atoms. The average Bonchev–Trinajstić information content (AvgIpc) is 2.54. The molecular formula is C17H22N2O2. The van der Waals surface area contributed by atoms with Crippen LogP contribution >= 0.6 is 0 Å². The van der Waals surface area contributed by atoms with Gasteiger partial charge in [0.15, 0.2) is 0 Å². The van der Waals surface area contributed by atoms with Crippen molar-refractivity contribution in [3.8, 4) is 6.07 Å². The first kappa shape index (κ1) is 15.5. The van der Waals surface area contributed by atoms with Gasteiger partial charge < -0.3 is 4.74 Å². The average molecular weight is 286 g/mol. The first-order valence-electron chi connectivity index (χ1n) is 7.58. The van der Waals surface area contributed by atoms with Gasteiger partial charge in [-0.25, -0.2) is 0 Å². The molecular weight excluding hydrogens is 264 g/mol. The van der Waals surface area contributed by atoms with E-state index in [4.69, 9.17) is 10.00 Å². The molecule has 1 aliphatic heterocycles. The van der Waals surface area contributed by atoms with Gasteiger partial charge in [-0.1, -0.05) is 30.3 Å². The Bertz CT molecular complexity index is 495. The fourth-order valence-corrected chi connectivity index (χ4v) is 2.96. The highest BCUT2D eigenvalue weighted by Crippen LogP contribution is 2.29. The van der Waals surface area contributed by atoms with Crippen molar-refractivity contribution < 1.29 is 9.53 Å². The van der Waals surface area contributed by atoms with Crippen LogP contribution < -0.4 is 0 Å². The highest BCUT2D eigenvalue weighted by molar-refractivity contribution is 5.72. The van der Waals surface area contributed by atoms with Gasteiger partial charge in [-0.3, -0.25) is 9.69 Å². The van der Waals surface area contributed by atoms with E-state index >= 15 is 0 Å². The molecule has 1 aromatic rings. The van der Waals surface area contributed by atoms with E-state index in [1.54, 1.807) is 0 Å². The molecule has 0 radical (unpaired) electrons. The standard InChI is InChI=1S/C17H22N2O2/c1-2-21-17(20)15-9-6-12-19(13-15)16(10-11-18)14-7-4-3-5-8-14/h3-5,7-8,15-16H,2,6,9-10,12-13H2,1H3/t15-,16?/m1/s1. The molecule has 0 saturated carbocycles. The Hall–Kier alpha value is -1.86. The molecule has 0 aliphatic carbocycles. The molecule has 1 fully saturated rings. The third-order valence-electron chi connectivity index (χ3n) is 3.98. The number of carbonyl (C=O) groups excluding carboxylic acids is 1. The van der Waals surface area contributed by atoms with Gasteiger partial charge in [0.25, 0.3) is 0 Å². The zero-order valence-corrected chi connectivity index (χ0v) is 12.5. The fraction of sp³-hybridized carbons (Fsp3) is 0.529. The summed E-state index contributed by atoms with van der Waals surface area (Å²) in [7, 11) is 0. The summed E-state index contributed by atoms with van der Waals surface area (Å²) in [6.07, 6.45) is 2.29. The van der Waals surface area contributed by atoms with Crippen LogP contribution in [0.15, 0.2) is 30.3 Å². The second-order valence-electron chi connectivity index (χ2n) is 5.37. The summed E-state index contributed by atoms with van der Waals surface area (Å²) in [4.78, 5) is 14.2. The second kappa shape index (κ2) is 7.80. The number of carbonyl (C=O) groups is 1. The van der Waals surface area contributed by atoms with Gasteiger partial charge in [0.1, 0.15) is 0 Å². The van der Waals surface area contributed by atoms with Crippen LogP contribution in [0.5, 0.6) is 0 Å². The van der Waals surface area contributed by atoms with Crippen molar-refractivity contribution in [2.45, 2.75) is 32.2 Å². The van der Waals surface area contributed by atoms with Crippen LogP contribution in [0.2, 0.25) is 0 Å². The lowest BCUT2D eigenvalue weighted by Crippen LogP contribution is -2.41. The SMILES string of the molecule is CCOC(=O)[C@@H]1CCCN(C(CC#N)c2ccccc2)C1. The van der Waals surface area contributed by atoms with E-state index in [0.717, 1.165) is 24.9 Å². The minimum absolute atomic E-state index is 0.0634. The Morgan fingerprint density at radius 2 is 2.24 bits per heavy atom. The maximum absolute atomic E-state index is 11.9. The Kier molecular flexibility index (Phi) is 5.77. The predicted octanol–water partition coefficient (Wildman–Crippen LogP) is 2.92. The third kappa shape index (κ3) is 4.05. The number of likely N-dealkylation sites (tertiary alicyclic amines) is 1. The number of hydrogen-bond acceptors (Lipinski definition) is 4. The number of hydrogen-bond donors (Lipinski definition) is 0. The van der Waals surface area contributed by atoms with Crippen LogP contribution in [-0.2, 0) is 9.53 Å². The lowest BCUT2D eigenvalue weighted by atomic mass is 9.94. The number of ether oxygens (including phenoxy) is 1. The van der Waals surface area contributed by atoms with Crippen LogP contribution in [0.3, 0.4) is 0 Å². The summed E-state index contributed by atoms with van der Waals surface area (Å²) in [5, 5.41) is 9.12. The zero-order chi connectivity index (χ0) is 15.1. The van der Waals surface area contributed by atoms with E-state index in [1.165, 1.54) is 0 Å². The predicted molar refractivity (Wildman–Crippen MR) is 80.3 cm³/mol. The molecule has 0 spiro atoms. The molecule has 1 aliphatic rings. The van der Waals surface area contributed by atoms with Gasteiger partial charge in [-0.2, -0.15) is 5.26 Å². The molecule has 2 atom stereocenters. The highest BCUT2D eigenvalue weighted by Gasteiger charge is 2.31. The van der Waals surface area contributed by atoms with Gasteiger partial charge in [0, 0.05) is 12.6 Å². The summed E-state index contributed by atoms with van der Waals surface area (Å²) in [5.74, 6) is -0.172. The summed E-state index contributed by atoms with van der Waals surface area (Å²) in [6.45, 7) is 3.87. The molecule has 0 aromatic heterocycles. The highest BCUT2D eigenvalue weighted by atomic mass is 16.5. The van der Waals surface area contributed by atoms with E-state index in [-0.39, 0.29) is 17.9 Å². The van der Waals surface area contributed by atoms with E-state index in [0.29, 0.717) is 19.6 Å². The maximum atomic E-state index is 11.9. The van der Waals surface area contributed by atoms with Crippen LogP contribution in [0.1, 0.15) is 37.8 Å². The molecule has 1 saturated heterocycles. The lowest BCUT2D eigenvalue weighted by molar-refractivity contribution is -0.150. The normalized spacial score (nSPS) is 20.5. The molecule has 1 unspecified atom stereocenters. The number of piperidine rings is 1. The largest absolute Gasteiger partial charge is 0.466 e. The van der Waals surface area contributed by atoms with Crippen LogP contribution in [0.4, 0.5) is 0 Å². The van der Waals surface area contributed by atoms with Crippen molar-refractivity contribution in [1.29, 1.82) is 5.26 Å². The molecule has 1 aromatic carbocycles. The van der Waals surface area contributed by atoms with E-state index < -0.39 is 0 Å². The third-order valence-corrected chi connectivity index (χ3v) is 3.98. The molecule has 4 nitrogen and oxygen atoms in total. The molecule has 0 amide bonds. The molecule has 4 heteroatoms. The second-order valence-corrected chi connectivity index (χ2v) is 5.37. The number of nitrogens with zero attached hydrogens (tertiary/aromatic N) is 2. The molecule has 21 heavy (non-hydrogen) atoms. The summed E-state index contributed by atoms with van der Waals surface area (Å²) in [5.41, 5.74) is 1.14. The topological polar surface area (TPSA) is 53.3 Å². The minimum Gasteiger partial charge on any atom is -0.466 e. The van der Waals surface area contributed by atoms with Gasteiger partial charge in [0.05, 0.1) is 25.0 Å². The van der Waals surface area contributed by atoms with Crippen LogP contribution in [0, 0.1) is 17.2 Å². The van der Waals surface area contributed by atoms with Gasteiger partial charge in [0.2, 0.25) is 0 Å². The Balaban J connectivity index is 2.10. The Morgan fingerprint density at radius 3 is 2.90 bits per heavy atom. The number of nitriles is 1. The van der Waals surface area contributed by atoms with E-state index in [9.17, 15) is 4.79 Å². The summed E-state index contributed by atoms with van der Waals surface area (Å²) in [6, 6.07) is 12.4. The van der Waals surface area contributed by atoms with E-state index in [1.807, 2.05) is 25.1 Å². The Labute approximate surface area is 126 Å². The molecule has 112 valence electrons. The van der Waals surface area contributed by atoms with Crippen molar-refractivity contribution in [2.75, 3.05) is 19.7 Å². The molecule has 1 heterocycles. The van der Waals surface area contributed by atoms with Crippen molar-refractivity contribution in [1.82, 2.24) is 4.90 Å². The van der Waals surface area contributed by atoms with Crippen molar-refractivity contribution in [2.24, 2.45) is 5.92 Å². The Morgan fingerprint density at radius 1 is 1.48 bits per heavy atom. The number of benzene rings is 1. The van der Waals surface area contributed by atoms with Gasteiger partial charge in [-0.05, 0) is 31.9 Å². The van der Waals surface area contributed by atoms with Crippen LogP contribution in [0.25, 0.3) is 0 Å². The van der Waals surface area contributed by atoms with E-state index in [2.05, 4.69) is 23.1 Å². The lowest BCUT2D eigenvalue weighted by Gasteiger charge is -2.36. The quantitative estimate of drug-likeness (QED) is 0.781.